The van der Waals surface area contributed by atoms with Crippen LogP contribution in [-0.4, -0.2) is 31.0 Å². The Kier molecular flexibility index (Phi) is 6.58. The fraction of sp³-hybridized carbons (Fsp3) is 0.400. The number of hydrogen-bond acceptors (Lipinski definition) is 4. The molecule has 0 bridgehead atoms. The number of hydrogen-bond donors (Lipinski definition) is 2. The summed E-state index contributed by atoms with van der Waals surface area (Å²) in [6.45, 7) is 5.44. The SMILES string of the molecule is CC(C)(C)OC(=O)c1c(-c2ccc(S(=O)(=O)NC3CCCCC3)c(Cl)c2)[nH]c2ccccc12. The maximum Gasteiger partial charge on any atom is 0.341 e. The van der Waals surface area contributed by atoms with Gasteiger partial charge in [0.2, 0.25) is 10.0 Å². The van der Waals surface area contributed by atoms with E-state index < -0.39 is 21.6 Å². The predicted molar refractivity (Wildman–Crippen MR) is 131 cm³/mol. The number of H-pyrrole nitrogens is 1. The summed E-state index contributed by atoms with van der Waals surface area (Å²) in [6, 6.07) is 12.1. The van der Waals surface area contributed by atoms with Crippen LogP contribution in [0.4, 0.5) is 0 Å². The summed E-state index contributed by atoms with van der Waals surface area (Å²) >= 11 is 6.47. The smallest absolute Gasteiger partial charge is 0.341 e. The molecule has 0 unspecified atom stereocenters. The highest BCUT2D eigenvalue weighted by molar-refractivity contribution is 7.89. The molecule has 0 aliphatic heterocycles. The van der Waals surface area contributed by atoms with Crippen LogP contribution in [-0.2, 0) is 14.8 Å². The normalized spacial score (nSPS) is 15.6. The third-order valence-corrected chi connectivity index (χ3v) is 7.75. The van der Waals surface area contributed by atoms with Gasteiger partial charge < -0.3 is 9.72 Å². The van der Waals surface area contributed by atoms with Crippen LogP contribution in [0, 0.1) is 0 Å². The Labute approximate surface area is 199 Å². The number of rotatable bonds is 5. The van der Waals surface area contributed by atoms with Crippen molar-refractivity contribution in [3.05, 3.63) is 53.1 Å². The molecule has 1 aliphatic rings. The van der Waals surface area contributed by atoms with Gasteiger partial charge in [0.05, 0.1) is 16.3 Å². The first-order valence-electron chi connectivity index (χ1n) is 11.2. The number of carbonyl (C=O) groups excluding carboxylic acids is 1. The molecule has 0 spiro atoms. The van der Waals surface area contributed by atoms with Crippen molar-refractivity contribution in [2.45, 2.75) is 69.4 Å². The molecule has 1 fully saturated rings. The van der Waals surface area contributed by atoms with E-state index >= 15 is 0 Å². The maximum absolute atomic E-state index is 13.1. The van der Waals surface area contributed by atoms with E-state index in [-0.39, 0.29) is 16.0 Å². The van der Waals surface area contributed by atoms with E-state index in [2.05, 4.69) is 9.71 Å². The number of nitrogens with one attached hydrogen (secondary N) is 2. The average Bonchev–Trinajstić information content (AvgIpc) is 3.12. The topological polar surface area (TPSA) is 88.3 Å². The van der Waals surface area contributed by atoms with Crippen LogP contribution < -0.4 is 4.72 Å². The molecule has 3 aromatic rings. The second kappa shape index (κ2) is 9.12. The summed E-state index contributed by atoms with van der Waals surface area (Å²) < 4.78 is 34.4. The summed E-state index contributed by atoms with van der Waals surface area (Å²) in [5.74, 6) is -0.457. The van der Waals surface area contributed by atoms with Gasteiger partial charge in [0.15, 0.2) is 0 Å². The molecule has 1 saturated carbocycles. The van der Waals surface area contributed by atoms with E-state index in [0.29, 0.717) is 16.8 Å². The molecular formula is C25H29ClN2O4S. The fourth-order valence-electron chi connectivity index (χ4n) is 4.28. The van der Waals surface area contributed by atoms with Crippen molar-refractivity contribution < 1.29 is 17.9 Å². The number of fused-ring (bicyclic) bond motifs is 1. The summed E-state index contributed by atoms with van der Waals surface area (Å²) in [4.78, 5) is 16.4. The van der Waals surface area contributed by atoms with Crippen LogP contribution in [0.15, 0.2) is 47.4 Å². The van der Waals surface area contributed by atoms with E-state index in [1.807, 2.05) is 45.0 Å². The Hall–Kier alpha value is -2.35. The van der Waals surface area contributed by atoms with E-state index in [4.69, 9.17) is 16.3 Å². The average molecular weight is 489 g/mol. The van der Waals surface area contributed by atoms with Crippen molar-refractivity contribution in [2.24, 2.45) is 0 Å². The highest BCUT2D eigenvalue weighted by Gasteiger charge is 2.27. The maximum atomic E-state index is 13.1. The quantitative estimate of drug-likeness (QED) is 0.427. The van der Waals surface area contributed by atoms with Crippen LogP contribution in [0.3, 0.4) is 0 Å². The first-order valence-corrected chi connectivity index (χ1v) is 13.1. The minimum Gasteiger partial charge on any atom is -0.456 e. The molecule has 1 heterocycles. The largest absolute Gasteiger partial charge is 0.456 e. The third kappa shape index (κ3) is 5.26. The lowest BCUT2D eigenvalue weighted by atomic mass is 9.96. The summed E-state index contributed by atoms with van der Waals surface area (Å²) in [5, 5.41) is 0.832. The zero-order valence-corrected chi connectivity index (χ0v) is 20.6. The minimum absolute atomic E-state index is 0.0356. The summed E-state index contributed by atoms with van der Waals surface area (Å²) in [5.41, 5.74) is 1.66. The number of para-hydroxylation sites is 1. The number of aromatic amines is 1. The van der Waals surface area contributed by atoms with Gasteiger partial charge in [0.25, 0.3) is 0 Å². The number of benzene rings is 2. The molecule has 176 valence electrons. The number of carbonyl (C=O) groups is 1. The van der Waals surface area contributed by atoms with Crippen molar-refractivity contribution in [1.82, 2.24) is 9.71 Å². The van der Waals surface area contributed by atoms with Crippen molar-refractivity contribution in [2.75, 3.05) is 0 Å². The molecule has 0 saturated heterocycles. The molecule has 4 rings (SSSR count). The van der Waals surface area contributed by atoms with Gasteiger partial charge >= 0.3 is 5.97 Å². The van der Waals surface area contributed by atoms with Gasteiger partial charge in [-0.05, 0) is 51.8 Å². The van der Waals surface area contributed by atoms with Gasteiger partial charge in [-0.2, -0.15) is 0 Å². The van der Waals surface area contributed by atoms with Crippen molar-refractivity contribution in [1.29, 1.82) is 0 Å². The number of aromatic nitrogens is 1. The zero-order chi connectivity index (χ0) is 23.8. The molecule has 2 N–H and O–H groups in total. The molecule has 0 amide bonds. The van der Waals surface area contributed by atoms with Crippen LogP contribution in [0.2, 0.25) is 5.02 Å². The Balaban J connectivity index is 1.73. The standard InChI is InChI=1S/C25H29ClN2O4S/c1-25(2,3)32-24(29)22-18-11-7-8-12-20(18)27-23(22)16-13-14-21(19(26)15-16)33(30,31)28-17-9-5-4-6-10-17/h7-8,11-15,17,27-28H,4-6,9-10H2,1-3H3. The van der Waals surface area contributed by atoms with Crippen LogP contribution in [0.25, 0.3) is 22.2 Å². The fourth-order valence-corrected chi connectivity index (χ4v) is 6.13. The minimum atomic E-state index is -3.75. The van der Waals surface area contributed by atoms with Crippen molar-refractivity contribution in [3.8, 4) is 11.3 Å². The molecular weight excluding hydrogens is 460 g/mol. The Morgan fingerprint density at radius 2 is 1.79 bits per heavy atom. The van der Waals surface area contributed by atoms with Gasteiger partial charge in [0, 0.05) is 22.5 Å². The van der Waals surface area contributed by atoms with Gasteiger partial charge in [0.1, 0.15) is 10.5 Å². The number of halogens is 1. The number of esters is 1. The first-order chi connectivity index (χ1) is 15.5. The Morgan fingerprint density at radius 3 is 2.45 bits per heavy atom. The van der Waals surface area contributed by atoms with E-state index in [1.165, 1.54) is 6.07 Å². The van der Waals surface area contributed by atoms with Gasteiger partial charge in [-0.25, -0.2) is 17.9 Å². The Bertz CT molecular complexity index is 1290. The van der Waals surface area contributed by atoms with Crippen LogP contribution in [0.1, 0.15) is 63.2 Å². The van der Waals surface area contributed by atoms with Gasteiger partial charge in [-0.15, -0.1) is 0 Å². The van der Waals surface area contributed by atoms with E-state index in [9.17, 15) is 13.2 Å². The lowest BCUT2D eigenvalue weighted by molar-refractivity contribution is 0.00728. The summed E-state index contributed by atoms with van der Waals surface area (Å²) in [7, 11) is -3.75. The number of sulfonamides is 1. The third-order valence-electron chi connectivity index (χ3n) is 5.75. The molecule has 33 heavy (non-hydrogen) atoms. The van der Waals surface area contributed by atoms with Crippen LogP contribution >= 0.6 is 11.6 Å². The second-order valence-corrected chi connectivity index (χ2v) is 11.6. The zero-order valence-electron chi connectivity index (χ0n) is 19.1. The molecule has 2 aromatic carbocycles. The second-order valence-electron chi connectivity index (χ2n) is 9.52. The van der Waals surface area contributed by atoms with Crippen molar-refractivity contribution in [3.63, 3.8) is 0 Å². The predicted octanol–water partition coefficient (Wildman–Crippen LogP) is 6.05. The molecule has 6 nitrogen and oxygen atoms in total. The first kappa shape index (κ1) is 23.8. The van der Waals surface area contributed by atoms with E-state index in [0.717, 1.165) is 43.0 Å². The van der Waals surface area contributed by atoms with Gasteiger partial charge in [-0.1, -0.05) is 55.1 Å². The van der Waals surface area contributed by atoms with E-state index in [1.54, 1.807) is 12.1 Å². The molecule has 8 heteroatoms. The van der Waals surface area contributed by atoms with Crippen molar-refractivity contribution >= 4 is 38.5 Å². The molecule has 0 atom stereocenters. The van der Waals surface area contributed by atoms with Crippen LogP contribution in [0.5, 0.6) is 0 Å². The monoisotopic (exact) mass is 488 g/mol. The molecule has 1 aromatic heterocycles. The molecule has 1 aliphatic carbocycles. The highest BCUT2D eigenvalue weighted by atomic mass is 35.5. The lowest BCUT2D eigenvalue weighted by Gasteiger charge is -2.23. The highest BCUT2D eigenvalue weighted by Crippen LogP contribution is 2.35. The summed E-state index contributed by atoms with van der Waals surface area (Å²) in [6.07, 6.45) is 4.85. The van der Waals surface area contributed by atoms with Gasteiger partial charge in [-0.3, -0.25) is 0 Å². The lowest BCUT2D eigenvalue weighted by Crippen LogP contribution is -2.36. The number of ether oxygens (including phenoxy) is 1. The Morgan fingerprint density at radius 1 is 1.09 bits per heavy atom. The molecule has 0 radical (unpaired) electrons.